The van der Waals surface area contributed by atoms with E-state index < -0.39 is 28.5 Å². The lowest BCUT2D eigenvalue weighted by molar-refractivity contribution is -0.385. The fraction of sp³-hybridized carbons (Fsp3) is 0.258. The van der Waals surface area contributed by atoms with Crippen molar-refractivity contribution in [1.82, 2.24) is 4.90 Å². The third kappa shape index (κ3) is 7.18. The molecule has 12 nitrogen and oxygen atoms in total. The summed E-state index contributed by atoms with van der Waals surface area (Å²) in [5, 5.41) is 13.6. The molecule has 44 heavy (non-hydrogen) atoms. The summed E-state index contributed by atoms with van der Waals surface area (Å²) >= 11 is 0.747. The van der Waals surface area contributed by atoms with Gasteiger partial charge in [0, 0.05) is 19.2 Å². The molecule has 3 aromatic rings. The van der Waals surface area contributed by atoms with E-state index in [-0.39, 0.29) is 17.2 Å². The Morgan fingerprint density at radius 3 is 2.57 bits per heavy atom. The van der Waals surface area contributed by atoms with Crippen LogP contribution in [0.1, 0.15) is 18.1 Å². The van der Waals surface area contributed by atoms with Crippen LogP contribution in [0.3, 0.4) is 0 Å². The van der Waals surface area contributed by atoms with Crippen molar-refractivity contribution in [2.45, 2.75) is 13.5 Å². The second-order valence-corrected chi connectivity index (χ2v) is 10.7. The van der Waals surface area contributed by atoms with E-state index in [1.54, 1.807) is 61.5 Å². The summed E-state index contributed by atoms with van der Waals surface area (Å²) in [6, 6.07) is 18.6. The number of para-hydroxylation sites is 3. The molecule has 0 aromatic heterocycles. The Hall–Kier alpha value is -4.88. The lowest BCUT2D eigenvalue weighted by Gasteiger charge is -2.30. The molecule has 0 bridgehead atoms. The average Bonchev–Trinajstić information content (AvgIpc) is 3.28. The molecule has 5 rings (SSSR count). The standard InChI is InChI=1S/C31H30N4O8S/c1-2-42-27-17-21(11-12-26(27)43-20-22-7-3-5-9-24(22)35(39)40)18-28-30(37)34(31(38)44-28)19-29(36)32-23-8-4-6-10-25(23)33-13-15-41-16-14-33/h3-12,17-18H,2,13-16,19-20H2,1H3,(H,32,36)/b28-18+. The number of rotatable bonds is 11. The Morgan fingerprint density at radius 1 is 1.05 bits per heavy atom. The Labute approximate surface area is 257 Å². The highest BCUT2D eigenvalue weighted by Gasteiger charge is 2.36. The monoisotopic (exact) mass is 618 g/mol. The minimum atomic E-state index is -0.578. The molecule has 0 aliphatic carbocycles. The van der Waals surface area contributed by atoms with E-state index in [0.29, 0.717) is 61.2 Å². The number of carbonyl (C=O) groups excluding carboxylic acids is 3. The fourth-order valence-electron chi connectivity index (χ4n) is 4.75. The number of nitro groups is 1. The normalized spacial score (nSPS) is 15.9. The van der Waals surface area contributed by atoms with Crippen LogP contribution >= 0.6 is 11.8 Å². The van der Waals surface area contributed by atoms with Crippen molar-refractivity contribution in [3.63, 3.8) is 0 Å². The van der Waals surface area contributed by atoms with Gasteiger partial charge in [0.15, 0.2) is 11.5 Å². The van der Waals surface area contributed by atoms with Crippen LogP contribution in [0.25, 0.3) is 6.08 Å². The van der Waals surface area contributed by atoms with Gasteiger partial charge >= 0.3 is 0 Å². The average molecular weight is 619 g/mol. The van der Waals surface area contributed by atoms with Crippen molar-refractivity contribution in [3.8, 4) is 11.5 Å². The third-order valence-corrected chi connectivity index (χ3v) is 7.75. The van der Waals surface area contributed by atoms with Gasteiger partial charge in [-0.15, -0.1) is 0 Å². The van der Waals surface area contributed by atoms with Crippen molar-refractivity contribution in [3.05, 3.63) is 92.9 Å². The number of nitrogens with one attached hydrogen (secondary N) is 1. The quantitative estimate of drug-likeness (QED) is 0.176. The summed E-state index contributed by atoms with van der Waals surface area (Å²) in [5.74, 6) is -0.332. The van der Waals surface area contributed by atoms with Crippen molar-refractivity contribution in [1.29, 1.82) is 0 Å². The lowest BCUT2D eigenvalue weighted by atomic mass is 10.1. The molecule has 0 spiro atoms. The maximum atomic E-state index is 13.1. The molecule has 0 atom stereocenters. The molecule has 228 valence electrons. The molecule has 2 aliphatic rings. The lowest BCUT2D eigenvalue weighted by Crippen LogP contribution is -2.38. The first kappa shape index (κ1) is 30.6. The zero-order chi connectivity index (χ0) is 31.1. The second kappa shape index (κ2) is 14.1. The van der Waals surface area contributed by atoms with Gasteiger partial charge < -0.3 is 24.4 Å². The van der Waals surface area contributed by atoms with E-state index in [1.807, 2.05) is 12.1 Å². The van der Waals surface area contributed by atoms with Crippen LogP contribution in [0.5, 0.6) is 11.5 Å². The van der Waals surface area contributed by atoms with Gasteiger partial charge in [0.25, 0.3) is 16.8 Å². The van der Waals surface area contributed by atoms with Gasteiger partial charge in [0.1, 0.15) is 13.2 Å². The maximum absolute atomic E-state index is 13.1. The van der Waals surface area contributed by atoms with E-state index in [4.69, 9.17) is 14.2 Å². The molecule has 2 fully saturated rings. The molecule has 3 amide bonds. The number of imide groups is 1. The van der Waals surface area contributed by atoms with Gasteiger partial charge in [-0.2, -0.15) is 0 Å². The van der Waals surface area contributed by atoms with Crippen molar-refractivity contribution < 1.29 is 33.5 Å². The number of hydrogen-bond donors (Lipinski definition) is 1. The first-order valence-electron chi connectivity index (χ1n) is 13.9. The van der Waals surface area contributed by atoms with Crippen LogP contribution in [0, 0.1) is 10.1 Å². The van der Waals surface area contributed by atoms with Gasteiger partial charge in [-0.25, -0.2) is 0 Å². The highest BCUT2D eigenvalue weighted by molar-refractivity contribution is 8.18. The summed E-state index contributed by atoms with van der Waals surface area (Å²) < 4.78 is 17.0. The smallest absolute Gasteiger partial charge is 0.294 e. The summed E-state index contributed by atoms with van der Waals surface area (Å²) in [6.07, 6.45) is 1.55. The van der Waals surface area contributed by atoms with Gasteiger partial charge in [-0.1, -0.05) is 30.3 Å². The summed E-state index contributed by atoms with van der Waals surface area (Å²) in [7, 11) is 0. The number of anilines is 2. The Morgan fingerprint density at radius 2 is 1.80 bits per heavy atom. The molecule has 13 heteroatoms. The number of benzene rings is 3. The summed E-state index contributed by atoms with van der Waals surface area (Å²) in [6.45, 7) is 4.20. The van der Waals surface area contributed by atoms with Gasteiger partial charge in [0.2, 0.25) is 5.91 Å². The number of ether oxygens (including phenoxy) is 3. The fourth-order valence-corrected chi connectivity index (χ4v) is 5.59. The van der Waals surface area contributed by atoms with Gasteiger partial charge in [-0.05, 0) is 60.7 Å². The first-order valence-corrected chi connectivity index (χ1v) is 14.7. The SMILES string of the molecule is CCOc1cc(/C=C2/SC(=O)N(CC(=O)Nc3ccccc3N3CCOCC3)C2=O)ccc1OCc1ccccc1[N+](=O)[O-]. The van der Waals surface area contributed by atoms with Gasteiger partial charge in [0.05, 0.1) is 46.6 Å². The van der Waals surface area contributed by atoms with E-state index >= 15 is 0 Å². The predicted molar refractivity (Wildman–Crippen MR) is 166 cm³/mol. The van der Waals surface area contributed by atoms with Crippen LogP contribution in [-0.2, 0) is 20.9 Å². The molecule has 2 aliphatic heterocycles. The van der Waals surface area contributed by atoms with Gasteiger partial charge in [-0.3, -0.25) is 29.4 Å². The van der Waals surface area contributed by atoms with Crippen molar-refractivity contribution >= 4 is 52.0 Å². The molecule has 1 N–H and O–H groups in total. The maximum Gasteiger partial charge on any atom is 0.294 e. The number of thioether (sulfide) groups is 1. The number of nitro benzene ring substituents is 1. The van der Waals surface area contributed by atoms with Crippen LogP contribution in [0.2, 0.25) is 0 Å². The molecule has 0 radical (unpaired) electrons. The topological polar surface area (TPSA) is 141 Å². The minimum Gasteiger partial charge on any atom is -0.490 e. The van der Waals surface area contributed by atoms with E-state index in [9.17, 15) is 24.5 Å². The zero-order valence-corrected chi connectivity index (χ0v) is 24.7. The van der Waals surface area contributed by atoms with E-state index in [2.05, 4.69) is 10.2 Å². The predicted octanol–water partition coefficient (Wildman–Crippen LogP) is 5.08. The Bertz CT molecular complexity index is 1600. The number of morpholine rings is 1. The highest BCUT2D eigenvalue weighted by Crippen LogP contribution is 2.35. The Balaban J connectivity index is 1.26. The minimum absolute atomic E-state index is 0.0472. The Kier molecular flexibility index (Phi) is 9.77. The molecular formula is C31H30N4O8S. The van der Waals surface area contributed by atoms with Crippen LogP contribution in [0.15, 0.2) is 71.6 Å². The number of nitrogens with zero attached hydrogens (tertiary/aromatic N) is 3. The molecule has 0 unspecified atom stereocenters. The zero-order valence-electron chi connectivity index (χ0n) is 23.9. The third-order valence-electron chi connectivity index (χ3n) is 6.84. The molecule has 0 saturated carbocycles. The van der Waals surface area contributed by atoms with Crippen molar-refractivity contribution in [2.75, 3.05) is 49.7 Å². The number of amides is 3. The molecule has 2 heterocycles. The molecular weight excluding hydrogens is 588 g/mol. The van der Waals surface area contributed by atoms with Crippen LogP contribution < -0.4 is 19.7 Å². The summed E-state index contributed by atoms with van der Waals surface area (Å²) in [4.78, 5) is 52.9. The number of hydrogen-bond acceptors (Lipinski definition) is 10. The summed E-state index contributed by atoms with van der Waals surface area (Å²) in [5.41, 5.74) is 2.37. The van der Waals surface area contributed by atoms with E-state index in [0.717, 1.165) is 22.3 Å². The van der Waals surface area contributed by atoms with Crippen LogP contribution in [-0.4, -0.2) is 66.3 Å². The second-order valence-electron chi connectivity index (χ2n) is 9.75. The van der Waals surface area contributed by atoms with E-state index in [1.165, 1.54) is 6.07 Å². The van der Waals surface area contributed by atoms with Crippen molar-refractivity contribution in [2.24, 2.45) is 0 Å². The largest absolute Gasteiger partial charge is 0.490 e. The van der Waals surface area contributed by atoms with Crippen LogP contribution in [0.4, 0.5) is 21.9 Å². The molecule has 3 aromatic carbocycles. The molecule has 2 saturated heterocycles. The highest BCUT2D eigenvalue weighted by atomic mass is 32.2. The first-order chi connectivity index (χ1) is 21.3. The number of carbonyl (C=O) groups is 3.